The third-order valence-corrected chi connectivity index (χ3v) is 8.66. The van der Waals surface area contributed by atoms with Crippen LogP contribution in [0.4, 0.5) is 11.4 Å². The molecule has 2 aromatic rings. The molecule has 260 valence electrons. The first-order valence-electron chi connectivity index (χ1n) is 15.8. The van der Waals surface area contributed by atoms with Crippen molar-refractivity contribution in [1.29, 1.82) is 0 Å². The van der Waals surface area contributed by atoms with Gasteiger partial charge in [-0.3, -0.25) is 34.1 Å². The van der Waals surface area contributed by atoms with Crippen molar-refractivity contribution in [3.05, 3.63) is 69.8 Å². The van der Waals surface area contributed by atoms with Gasteiger partial charge >= 0.3 is 0 Å². The number of thioether (sulfide) groups is 1. The second kappa shape index (κ2) is 19.3. The molecule has 4 atom stereocenters. The largest absolute Gasteiger partial charge is 0.391 e. The van der Waals surface area contributed by atoms with Crippen LogP contribution in [0.25, 0.3) is 0 Å². The molecule has 8 N–H and O–H groups in total. The molecule has 2 aromatic carbocycles. The van der Waals surface area contributed by atoms with Crippen molar-refractivity contribution in [3.8, 4) is 0 Å². The summed E-state index contributed by atoms with van der Waals surface area (Å²) >= 11 is 1.45. The van der Waals surface area contributed by atoms with Crippen molar-refractivity contribution in [2.24, 2.45) is 5.73 Å². The average molecular weight is 686 g/mol. The number of nitro benzene ring substituents is 1. The Morgan fingerprint density at radius 3 is 2.54 bits per heavy atom. The molecule has 3 rings (SSSR count). The molecule has 0 aliphatic carbocycles. The fourth-order valence-electron chi connectivity index (χ4n) is 4.85. The van der Waals surface area contributed by atoms with Crippen molar-refractivity contribution in [2.45, 2.75) is 69.7 Å². The molecule has 1 aliphatic heterocycles. The van der Waals surface area contributed by atoms with Gasteiger partial charge in [0.15, 0.2) is 0 Å². The van der Waals surface area contributed by atoms with E-state index in [9.17, 15) is 39.2 Å². The van der Waals surface area contributed by atoms with Gasteiger partial charge in [-0.2, -0.15) is 11.8 Å². The van der Waals surface area contributed by atoms with E-state index in [1.54, 1.807) is 30.3 Å². The number of anilines is 1. The smallest absolute Gasteiger partial charge is 0.269 e. The molecule has 16 heteroatoms. The Labute approximate surface area is 282 Å². The maximum Gasteiger partial charge on any atom is 0.269 e. The number of aliphatic hydroxyl groups excluding tert-OH is 1. The summed E-state index contributed by atoms with van der Waals surface area (Å²) in [6.07, 6.45) is 1.90. The number of non-ortho nitro benzene ring substituents is 1. The zero-order valence-electron chi connectivity index (χ0n) is 26.7. The second-order valence-electron chi connectivity index (χ2n) is 11.4. The first-order chi connectivity index (χ1) is 23.0. The van der Waals surface area contributed by atoms with Crippen LogP contribution in [0.2, 0.25) is 0 Å². The third kappa shape index (κ3) is 12.2. The number of carbonyl (C=O) groups excluding carboxylic acids is 5. The fraction of sp³-hybridized carbons (Fsp3) is 0.469. The molecule has 1 fully saturated rings. The first kappa shape index (κ1) is 37.9. The Morgan fingerprint density at radius 2 is 1.85 bits per heavy atom. The number of nitrogens with two attached hydrogens (primary N) is 1. The van der Waals surface area contributed by atoms with Gasteiger partial charge in [0.2, 0.25) is 23.6 Å². The molecule has 1 saturated heterocycles. The zero-order chi connectivity index (χ0) is 35.1. The predicted octanol–water partition coefficient (Wildman–Crippen LogP) is 0.997. The lowest BCUT2D eigenvalue weighted by Crippen LogP contribution is -2.59. The Morgan fingerprint density at radius 1 is 1.10 bits per heavy atom. The number of benzene rings is 2. The molecular formula is C32H43N7O8S. The van der Waals surface area contributed by atoms with Gasteiger partial charge in [-0.15, -0.1) is 0 Å². The van der Waals surface area contributed by atoms with Crippen LogP contribution in [0.15, 0.2) is 48.5 Å². The molecule has 0 bridgehead atoms. The summed E-state index contributed by atoms with van der Waals surface area (Å²) in [5, 5.41) is 34.5. The molecular weight excluding hydrogens is 642 g/mol. The number of hydrogen-bond acceptors (Lipinski definition) is 10. The van der Waals surface area contributed by atoms with Crippen LogP contribution in [0.3, 0.4) is 0 Å². The van der Waals surface area contributed by atoms with E-state index in [1.807, 2.05) is 0 Å². The van der Waals surface area contributed by atoms with Crippen LogP contribution in [0.1, 0.15) is 54.9 Å². The molecule has 0 spiro atoms. The van der Waals surface area contributed by atoms with Gasteiger partial charge in [0, 0.05) is 42.1 Å². The quantitative estimate of drug-likeness (QED) is 0.124. The van der Waals surface area contributed by atoms with E-state index in [1.165, 1.54) is 36.9 Å². The van der Waals surface area contributed by atoms with Crippen molar-refractivity contribution in [1.82, 2.24) is 21.3 Å². The van der Waals surface area contributed by atoms with Gasteiger partial charge in [0.05, 0.1) is 11.0 Å². The third-order valence-electron chi connectivity index (χ3n) is 7.52. The van der Waals surface area contributed by atoms with Gasteiger partial charge in [-0.1, -0.05) is 24.6 Å². The van der Waals surface area contributed by atoms with E-state index in [4.69, 9.17) is 5.73 Å². The van der Waals surface area contributed by atoms with E-state index >= 15 is 0 Å². The zero-order valence-corrected chi connectivity index (χ0v) is 27.6. The molecule has 1 aliphatic rings. The van der Waals surface area contributed by atoms with Crippen molar-refractivity contribution in [2.75, 3.05) is 29.9 Å². The summed E-state index contributed by atoms with van der Waals surface area (Å²) in [6.45, 7) is 1.74. The van der Waals surface area contributed by atoms with Gasteiger partial charge in [-0.05, 0) is 68.7 Å². The minimum atomic E-state index is -1.40. The number of nitrogens with one attached hydrogen (secondary N) is 5. The lowest BCUT2D eigenvalue weighted by Gasteiger charge is -2.26. The Balaban J connectivity index is 1.63. The highest BCUT2D eigenvalue weighted by Gasteiger charge is 2.32. The highest BCUT2D eigenvalue weighted by Crippen LogP contribution is 2.15. The molecule has 0 unspecified atom stereocenters. The van der Waals surface area contributed by atoms with Gasteiger partial charge in [0.1, 0.15) is 18.1 Å². The van der Waals surface area contributed by atoms with Crippen LogP contribution < -0.4 is 32.3 Å². The number of amides is 5. The number of hydrogen-bond donors (Lipinski definition) is 7. The fourth-order valence-corrected chi connectivity index (χ4v) is 5.89. The normalized spacial score (nSPS) is 18.7. The maximum atomic E-state index is 13.4. The van der Waals surface area contributed by atoms with Gasteiger partial charge in [-0.25, -0.2) is 0 Å². The lowest BCUT2D eigenvalue weighted by atomic mass is 10.1. The Hall–Kier alpha value is -4.54. The summed E-state index contributed by atoms with van der Waals surface area (Å²) in [4.78, 5) is 75.2. The summed E-state index contributed by atoms with van der Waals surface area (Å²) in [5.41, 5.74) is 6.93. The first-order valence-corrected chi connectivity index (χ1v) is 16.9. The Bertz CT molecular complexity index is 1440. The maximum absolute atomic E-state index is 13.4. The van der Waals surface area contributed by atoms with Crippen LogP contribution in [0, 0.1) is 10.1 Å². The van der Waals surface area contributed by atoms with E-state index < -0.39 is 52.8 Å². The van der Waals surface area contributed by atoms with Crippen molar-refractivity contribution < 1.29 is 34.0 Å². The van der Waals surface area contributed by atoms with E-state index in [2.05, 4.69) is 26.6 Å². The summed E-state index contributed by atoms with van der Waals surface area (Å²) in [7, 11) is 0. The lowest BCUT2D eigenvalue weighted by molar-refractivity contribution is -0.384. The number of carbonyl (C=O) groups is 5. The molecule has 1 heterocycles. The molecule has 0 saturated carbocycles. The number of nitro groups is 1. The summed E-state index contributed by atoms with van der Waals surface area (Å²) in [5.74, 6) is -1.79. The SMILES string of the molecule is C[C@@H](O)[C@H](NC(=O)[C@@H]1CSCCCCCC(=O)N[C@@H](CCN)C(=O)N1)C(=O)Nc1cccc(C(=O)NCCc2ccc([N+](=O)[O-])cc2)c1. The molecule has 5 amide bonds. The monoisotopic (exact) mass is 685 g/mol. The predicted molar refractivity (Wildman–Crippen MR) is 181 cm³/mol. The average Bonchev–Trinajstić information content (AvgIpc) is 3.06. The number of nitrogens with zero attached hydrogens (tertiary/aromatic N) is 1. The van der Waals surface area contributed by atoms with Crippen molar-refractivity contribution in [3.63, 3.8) is 0 Å². The summed E-state index contributed by atoms with van der Waals surface area (Å²) < 4.78 is 0. The van der Waals surface area contributed by atoms with Crippen LogP contribution in [-0.2, 0) is 25.6 Å². The van der Waals surface area contributed by atoms with Crippen molar-refractivity contribution >= 4 is 52.7 Å². The highest BCUT2D eigenvalue weighted by atomic mass is 32.2. The van der Waals surface area contributed by atoms with Gasteiger partial charge < -0.3 is 37.4 Å². The molecule has 48 heavy (non-hydrogen) atoms. The van der Waals surface area contributed by atoms with Gasteiger partial charge in [0.25, 0.3) is 11.6 Å². The minimum Gasteiger partial charge on any atom is -0.391 e. The molecule has 0 radical (unpaired) electrons. The van der Waals surface area contributed by atoms with E-state index in [0.717, 1.165) is 18.4 Å². The van der Waals surface area contributed by atoms with E-state index in [0.29, 0.717) is 18.6 Å². The molecule has 15 nitrogen and oxygen atoms in total. The van der Waals surface area contributed by atoms with Crippen LogP contribution in [0.5, 0.6) is 0 Å². The number of rotatable bonds is 12. The minimum absolute atomic E-state index is 0.0238. The van der Waals surface area contributed by atoms with Crippen LogP contribution >= 0.6 is 11.8 Å². The topological polar surface area (TPSA) is 235 Å². The second-order valence-corrected chi connectivity index (χ2v) is 12.5. The summed E-state index contributed by atoms with van der Waals surface area (Å²) in [6, 6.07) is 8.74. The standard InChI is InChI=1S/C32H43N7O8S/c1-20(40)28(38-31(44)26-19-48-17-4-2-3-8-27(41)36-25(13-15-33)30(43)37-26)32(45)35-23-7-5-6-22(18-23)29(42)34-16-14-21-9-11-24(12-10-21)39(46)47/h5-7,9-12,18,20,25-26,28,40H,2-4,8,13-17,19,33H2,1H3,(H,34,42)(H,35,45)(H,36,41)(H,37,43)(H,38,44)/t20-,25+,26+,28+/m1/s1. The highest BCUT2D eigenvalue weighted by molar-refractivity contribution is 7.99. The molecule has 0 aromatic heterocycles. The van der Waals surface area contributed by atoms with Crippen LogP contribution in [-0.4, -0.2) is 88.4 Å². The number of aliphatic hydroxyl groups is 1. The van der Waals surface area contributed by atoms with E-state index in [-0.39, 0.29) is 54.5 Å². The Kier molecular flexibility index (Phi) is 15.3.